The summed E-state index contributed by atoms with van der Waals surface area (Å²) < 4.78 is 0. The predicted molar refractivity (Wildman–Crippen MR) is 111 cm³/mol. The maximum atomic E-state index is 10.3. The number of hydrogen-bond acceptors (Lipinski definition) is 6. The number of aliphatic imine (C=N–C) groups is 1. The van der Waals surface area contributed by atoms with Gasteiger partial charge in [-0.15, -0.1) is 0 Å². The van der Waals surface area contributed by atoms with Crippen LogP contribution in [0.2, 0.25) is 0 Å². The van der Waals surface area contributed by atoms with E-state index in [1.54, 1.807) is 35.1 Å². The first-order chi connectivity index (χ1) is 12.6. The summed E-state index contributed by atoms with van der Waals surface area (Å²) in [5, 5.41) is 15.0. The number of hydrazone groups is 1. The normalized spacial score (nSPS) is 21.0. The standard InChI is InChI=1S/C20H24N4OS/c1-4-8-16(2)17(3)14-24-12-11-21-20(23-22-13-19(24)25)26-15-18-9-6-5-7-10-18/h4-14,19,25H,1,15H2,2-3H3,(H,21,23)/b12-11-,16-8-,17-14+,22-13+. The second-order valence-electron chi connectivity index (χ2n) is 5.65. The topological polar surface area (TPSA) is 60.2 Å². The molecule has 1 heterocycles. The van der Waals surface area contributed by atoms with E-state index in [-0.39, 0.29) is 0 Å². The van der Waals surface area contributed by atoms with Crippen molar-refractivity contribution in [2.45, 2.75) is 25.8 Å². The summed E-state index contributed by atoms with van der Waals surface area (Å²) >= 11 is 1.55. The number of allylic oxidation sites excluding steroid dienone is 4. The minimum absolute atomic E-state index is 0.666. The van der Waals surface area contributed by atoms with E-state index in [2.05, 4.69) is 34.2 Å². The van der Waals surface area contributed by atoms with Gasteiger partial charge >= 0.3 is 0 Å². The molecule has 5 nitrogen and oxygen atoms in total. The van der Waals surface area contributed by atoms with Crippen LogP contribution in [0, 0.1) is 0 Å². The molecule has 1 unspecified atom stereocenters. The van der Waals surface area contributed by atoms with Gasteiger partial charge in [0.1, 0.15) is 0 Å². The number of benzene rings is 1. The van der Waals surface area contributed by atoms with E-state index in [1.807, 2.05) is 44.3 Å². The predicted octanol–water partition coefficient (Wildman–Crippen LogP) is 3.99. The van der Waals surface area contributed by atoms with Gasteiger partial charge in [0, 0.05) is 24.4 Å². The Labute approximate surface area is 159 Å². The molecular formula is C20H24N4OS. The zero-order valence-corrected chi connectivity index (χ0v) is 15.9. The van der Waals surface area contributed by atoms with Gasteiger partial charge in [0.05, 0.1) is 6.21 Å². The number of thioether (sulfide) groups is 1. The first-order valence-corrected chi connectivity index (χ1v) is 9.22. The number of aliphatic hydroxyl groups excluding tert-OH is 1. The van der Waals surface area contributed by atoms with Crippen LogP contribution in [0.15, 0.2) is 88.9 Å². The monoisotopic (exact) mass is 368 g/mol. The Morgan fingerprint density at radius 2 is 2.08 bits per heavy atom. The van der Waals surface area contributed by atoms with E-state index in [1.165, 1.54) is 11.8 Å². The molecule has 0 aliphatic carbocycles. The van der Waals surface area contributed by atoms with Crippen LogP contribution in [0.5, 0.6) is 0 Å². The van der Waals surface area contributed by atoms with Gasteiger partial charge in [0.2, 0.25) is 0 Å². The Morgan fingerprint density at radius 3 is 2.81 bits per heavy atom. The van der Waals surface area contributed by atoms with Crippen molar-refractivity contribution in [3.05, 3.63) is 84.4 Å². The SMILES string of the molecule is C=C/C=C(C)\C(C)=C\N1/C=C\N=C(SCc2ccccc2)N/N=C/C1O. The second kappa shape index (κ2) is 10.4. The summed E-state index contributed by atoms with van der Waals surface area (Å²) in [4.78, 5) is 6.04. The van der Waals surface area contributed by atoms with Crippen LogP contribution in [0.4, 0.5) is 0 Å². The Bertz CT molecular complexity index is 750. The fourth-order valence-corrected chi connectivity index (χ4v) is 2.83. The van der Waals surface area contributed by atoms with Gasteiger partial charge in [0.25, 0.3) is 0 Å². The molecule has 0 saturated heterocycles. The van der Waals surface area contributed by atoms with Gasteiger partial charge in [-0.25, -0.2) is 4.99 Å². The first kappa shape index (κ1) is 19.8. The van der Waals surface area contributed by atoms with Crippen molar-refractivity contribution in [1.82, 2.24) is 10.3 Å². The maximum absolute atomic E-state index is 10.3. The highest BCUT2D eigenvalue weighted by Crippen LogP contribution is 2.14. The van der Waals surface area contributed by atoms with Crippen molar-refractivity contribution < 1.29 is 5.11 Å². The lowest BCUT2D eigenvalue weighted by atomic mass is 10.1. The molecule has 0 bridgehead atoms. The molecule has 0 saturated carbocycles. The fourth-order valence-electron chi connectivity index (χ4n) is 2.08. The molecule has 136 valence electrons. The van der Waals surface area contributed by atoms with Crippen molar-refractivity contribution >= 4 is 23.1 Å². The van der Waals surface area contributed by atoms with Crippen molar-refractivity contribution in [3.8, 4) is 0 Å². The smallest absolute Gasteiger partial charge is 0.182 e. The summed E-state index contributed by atoms with van der Waals surface area (Å²) in [5.41, 5.74) is 6.16. The third kappa shape index (κ3) is 6.38. The molecule has 0 radical (unpaired) electrons. The van der Waals surface area contributed by atoms with Crippen LogP contribution in [0.3, 0.4) is 0 Å². The summed E-state index contributed by atoms with van der Waals surface area (Å²) in [6.45, 7) is 7.67. The van der Waals surface area contributed by atoms with Gasteiger partial charge in [0.15, 0.2) is 11.4 Å². The van der Waals surface area contributed by atoms with E-state index in [9.17, 15) is 5.11 Å². The molecule has 2 rings (SSSR count). The third-order valence-electron chi connectivity index (χ3n) is 3.66. The largest absolute Gasteiger partial charge is 0.368 e. The number of nitrogens with one attached hydrogen (secondary N) is 1. The van der Waals surface area contributed by atoms with Crippen LogP contribution < -0.4 is 5.43 Å². The highest BCUT2D eigenvalue weighted by atomic mass is 32.2. The summed E-state index contributed by atoms with van der Waals surface area (Å²) in [5.74, 6) is 0.785. The van der Waals surface area contributed by atoms with Gasteiger partial charge in [-0.1, -0.05) is 60.8 Å². The van der Waals surface area contributed by atoms with Crippen molar-refractivity contribution in [1.29, 1.82) is 0 Å². The zero-order chi connectivity index (χ0) is 18.8. The lowest BCUT2D eigenvalue weighted by Crippen LogP contribution is -2.28. The molecule has 1 aliphatic heterocycles. The van der Waals surface area contributed by atoms with E-state index >= 15 is 0 Å². The van der Waals surface area contributed by atoms with Crippen LogP contribution in [-0.4, -0.2) is 27.6 Å². The van der Waals surface area contributed by atoms with E-state index in [4.69, 9.17) is 0 Å². The van der Waals surface area contributed by atoms with E-state index < -0.39 is 6.23 Å². The lowest BCUT2D eigenvalue weighted by Gasteiger charge is -2.20. The Morgan fingerprint density at radius 1 is 1.31 bits per heavy atom. The Hall–Kier alpha value is -2.57. The van der Waals surface area contributed by atoms with Crippen LogP contribution in [-0.2, 0) is 5.75 Å². The number of nitrogens with zero attached hydrogens (tertiary/aromatic N) is 3. The Balaban J connectivity index is 2.10. The zero-order valence-electron chi connectivity index (χ0n) is 15.0. The molecular weight excluding hydrogens is 344 g/mol. The summed E-state index contributed by atoms with van der Waals surface area (Å²) in [6, 6.07) is 10.2. The number of rotatable bonds is 5. The molecule has 2 N–H and O–H groups in total. The average Bonchev–Trinajstić information content (AvgIpc) is 2.72. The summed E-state index contributed by atoms with van der Waals surface area (Å²) in [6.07, 6.45) is 9.42. The van der Waals surface area contributed by atoms with Crippen LogP contribution in [0.1, 0.15) is 19.4 Å². The van der Waals surface area contributed by atoms with Crippen molar-refractivity contribution in [2.24, 2.45) is 10.1 Å². The molecule has 1 aliphatic rings. The first-order valence-electron chi connectivity index (χ1n) is 8.24. The molecule has 1 aromatic rings. The van der Waals surface area contributed by atoms with Gasteiger partial charge in [-0.05, 0) is 30.6 Å². The fraction of sp³-hybridized carbons (Fsp3) is 0.200. The highest BCUT2D eigenvalue weighted by molar-refractivity contribution is 8.13. The number of hydrogen-bond donors (Lipinski definition) is 2. The van der Waals surface area contributed by atoms with Gasteiger partial charge < -0.3 is 10.0 Å². The second-order valence-corrected chi connectivity index (χ2v) is 6.62. The van der Waals surface area contributed by atoms with Crippen LogP contribution in [0.25, 0.3) is 0 Å². The molecule has 1 atom stereocenters. The number of aliphatic hydroxyl groups is 1. The average molecular weight is 369 g/mol. The lowest BCUT2D eigenvalue weighted by molar-refractivity contribution is 0.136. The molecule has 26 heavy (non-hydrogen) atoms. The molecule has 0 spiro atoms. The molecule has 0 fully saturated rings. The maximum Gasteiger partial charge on any atom is 0.182 e. The van der Waals surface area contributed by atoms with E-state index in [0.29, 0.717) is 5.17 Å². The van der Waals surface area contributed by atoms with Crippen molar-refractivity contribution in [2.75, 3.05) is 0 Å². The third-order valence-corrected chi connectivity index (χ3v) is 4.60. The van der Waals surface area contributed by atoms with E-state index in [0.717, 1.165) is 16.9 Å². The van der Waals surface area contributed by atoms with Gasteiger partial charge in [-0.3, -0.25) is 5.43 Å². The molecule has 0 amide bonds. The molecule has 6 heteroatoms. The highest BCUT2D eigenvalue weighted by Gasteiger charge is 2.09. The van der Waals surface area contributed by atoms with Crippen LogP contribution >= 0.6 is 11.8 Å². The van der Waals surface area contributed by atoms with Gasteiger partial charge in [-0.2, -0.15) is 5.10 Å². The Kier molecular flexibility index (Phi) is 7.92. The minimum Gasteiger partial charge on any atom is -0.368 e. The minimum atomic E-state index is -0.890. The number of amidine groups is 1. The summed E-state index contributed by atoms with van der Waals surface area (Å²) in [7, 11) is 0. The quantitative estimate of drug-likeness (QED) is 0.772. The molecule has 1 aromatic carbocycles. The molecule has 0 aromatic heterocycles. The van der Waals surface area contributed by atoms with Crippen molar-refractivity contribution in [3.63, 3.8) is 0 Å².